The number of nitro groups is 1. The molecule has 0 radical (unpaired) electrons. The van der Waals surface area contributed by atoms with Gasteiger partial charge in [-0.2, -0.15) is 0 Å². The first-order valence-electron chi connectivity index (χ1n) is 6.25. The topological polar surface area (TPSA) is 77.3 Å². The van der Waals surface area contributed by atoms with Crippen LogP contribution in [0.3, 0.4) is 0 Å². The van der Waals surface area contributed by atoms with Crippen molar-refractivity contribution < 1.29 is 9.66 Å². The minimum Gasteiger partial charge on any atom is -0.468 e. The summed E-state index contributed by atoms with van der Waals surface area (Å²) in [5.41, 5.74) is -0.102. The van der Waals surface area contributed by atoms with E-state index in [4.69, 9.17) is 4.74 Å². The van der Waals surface area contributed by atoms with E-state index in [1.807, 2.05) is 7.05 Å². The third kappa shape index (κ3) is 3.42. The minimum absolute atomic E-state index is 0.0638. The summed E-state index contributed by atoms with van der Waals surface area (Å²) < 4.78 is 6.34. The SMILES string of the molecule is CNC1CCCCC1Oc1ncc(Br)cc1[N+](=O)[O-]. The zero-order valence-corrected chi connectivity index (χ0v) is 12.2. The van der Waals surface area contributed by atoms with E-state index in [1.54, 1.807) is 0 Å². The fourth-order valence-electron chi connectivity index (χ4n) is 2.35. The van der Waals surface area contributed by atoms with E-state index in [1.165, 1.54) is 12.3 Å². The summed E-state index contributed by atoms with van der Waals surface area (Å²) in [7, 11) is 1.88. The number of halogens is 1. The molecule has 6 nitrogen and oxygen atoms in total. The van der Waals surface area contributed by atoms with Crippen LogP contribution in [0.5, 0.6) is 5.88 Å². The number of pyridine rings is 1. The van der Waals surface area contributed by atoms with Crippen molar-refractivity contribution in [3.8, 4) is 5.88 Å². The van der Waals surface area contributed by atoms with Crippen LogP contribution in [0.1, 0.15) is 25.7 Å². The standard InChI is InChI=1S/C12H16BrN3O3/c1-14-9-4-2-3-5-11(9)19-12-10(16(17)18)6-8(13)7-15-12/h6-7,9,11,14H,2-5H2,1H3. The first-order chi connectivity index (χ1) is 9.11. The molecule has 1 aromatic rings. The average molecular weight is 330 g/mol. The van der Waals surface area contributed by atoms with Crippen molar-refractivity contribution in [2.24, 2.45) is 0 Å². The molecule has 1 N–H and O–H groups in total. The van der Waals surface area contributed by atoms with Gasteiger partial charge in [0.25, 0.3) is 5.88 Å². The Hall–Kier alpha value is -1.21. The lowest BCUT2D eigenvalue weighted by Gasteiger charge is -2.30. The van der Waals surface area contributed by atoms with Crippen LogP contribution in [0.25, 0.3) is 0 Å². The Morgan fingerprint density at radius 2 is 2.26 bits per heavy atom. The van der Waals surface area contributed by atoms with Crippen LogP contribution < -0.4 is 10.1 Å². The molecule has 0 bridgehead atoms. The Kier molecular flexibility index (Phi) is 4.71. The number of hydrogen-bond donors (Lipinski definition) is 1. The third-order valence-corrected chi connectivity index (χ3v) is 3.77. The van der Waals surface area contributed by atoms with Crippen LogP contribution in [0.15, 0.2) is 16.7 Å². The van der Waals surface area contributed by atoms with Gasteiger partial charge in [0, 0.05) is 22.8 Å². The number of likely N-dealkylation sites (N-methyl/N-ethyl adjacent to an activating group) is 1. The second-order valence-corrected chi connectivity index (χ2v) is 5.49. The minimum atomic E-state index is -0.468. The van der Waals surface area contributed by atoms with Crippen molar-refractivity contribution in [3.63, 3.8) is 0 Å². The first-order valence-corrected chi connectivity index (χ1v) is 7.05. The number of aromatic nitrogens is 1. The summed E-state index contributed by atoms with van der Waals surface area (Å²) in [6.07, 6.45) is 5.59. The summed E-state index contributed by atoms with van der Waals surface area (Å²) in [6, 6.07) is 1.64. The van der Waals surface area contributed by atoms with Gasteiger partial charge in [-0.1, -0.05) is 6.42 Å². The van der Waals surface area contributed by atoms with Gasteiger partial charge < -0.3 is 10.1 Å². The molecule has 0 saturated heterocycles. The molecule has 1 fully saturated rings. The lowest BCUT2D eigenvalue weighted by molar-refractivity contribution is -0.386. The van der Waals surface area contributed by atoms with Crippen molar-refractivity contribution in [1.29, 1.82) is 0 Å². The van der Waals surface area contributed by atoms with Crippen molar-refractivity contribution in [1.82, 2.24) is 10.3 Å². The molecule has 1 aliphatic carbocycles. The maximum atomic E-state index is 11.0. The molecular formula is C12H16BrN3O3. The Morgan fingerprint density at radius 1 is 1.53 bits per heavy atom. The number of hydrogen-bond acceptors (Lipinski definition) is 5. The van der Waals surface area contributed by atoms with Crippen molar-refractivity contribution in [2.45, 2.75) is 37.8 Å². The Labute approximate surface area is 119 Å². The van der Waals surface area contributed by atoms with Gasteiger partial charge in [-0.3, -0.25) is 10.1 Å². The summed E-state index contributed by atoms with van der Waals surface area (Å²) in [6.45, 7) is 0. The number of rotatable bonds is 4. The molecular weight excluding hydrogens is 314 g/mol. The first kappa shape index (κ1) is 14.2. The van der Waals surface area contributed by atoms with Gasteiger partial charge in [-0.05, 0) is 42.2 Å². The normalized spacial score (nSPS) is 23.1. The van der Waals surface area contributed by atoms with E-state index in [0.717, 1.165) is 25.7 Å². The Balaban J connectivity index is 2.20. The van der Waals surface area contributed by atoms with Crippen molar-refractivity contribution >= 4 is 21.6 Å². The van der Waals surface area contributed by atoms with Gasteiger partial charge in [0.1, 0.15) is 6.10 Å². The molecule has 2 atom stereocenters. The molecule has 0 aliphatic heterocycles. The molecule has 0 spiro atoms. The van der Waals surface area contributed by atoms with Gasteiger partial charge in [0.15, 0.2) is 0 Å². The maximum Gasteiger partial charge on any atom is 0.332 e. The highest BCUT2D eigenvalue weighted by Crippen LogP contribution is 2.30. The Bertz CT molecular complexity index is 470. The number of ether oxygens (including phenoxy) is 1. The third-order valence-electron chi connectivity index (χ3n) is 3.33. The fourth-order valence-corrected chi connectivity index (χ4v) is 2.67. The summed E-state index contributed by atoms with van der Waals surface area (Å²) >= 11 is 3.18. The smallest absolute Gasteiger partial charge is 0.332 e. The number of nitrogens with zero attached hydrogens (tertiary/aromatic N) is 2. The van der Waals surface area contributed by atoms with Crippen LogP contribution in [0.4, 0.5) is 5.69 Å². The zero-order chi connectivity index (χ0) is 13.8. The average Bonchev–Trinajstić information content (AvgIpc) is 2.41. The van der Waals surface area contributed by atoms with Gasteiger partial charge >= 0.3 is 5.69 Å². The quantitative estimate of drug-likeness (QED) is 0.678. The lowest BCUT2D eigenvalue weighted by Crippen LogP contribution is -2.43. The van der Waals surface area contributed by atoms with Crippen LogP contribution in [-0.2, 0) is 0 Å². The second kappa shape index (κ2) is 6.29. The predicted molar refractivity (Wildman–Crippen MR) is 74.3 cm³/mol. The lowest BCUT2D eigenvalue weighted by atomic mass is 9.92. The monoisotopic (exact) mass is 329 g/mol. The molecule has 1 aliphatic rings. The van der Waals surface area contributed by atoms with Gasteiger partial charge in [0.2, 0.25) is 0 Å². The fraction of sp³-hybridized carbons (Fsp3) is 0.583. The van der Waals surface area contributed by atoms with Crippen molar-refractivity contribution in [2.75, 3.05) is 7.05 Å². The van der Waals surface area contributed by atoms with E-state index < -0.39 is 4.92 Å². The van der Waals surface area contributed by atoms with E-state index in [0.29, 0.717) is 4.47 Å². The van der Waals surface area contributed by atoms with Gasteiger partial charge in [0.05, 0.1) is 4.92 Å². The van der Waals surface area contributed by atoms with Crippen LogP contribution in [-0.4, -0.2) is 29.1 Å². The highest BCUT2D eigenvalue weighted by atomic mass is 79.9. The maximum absolute atomic E-state index is 11.0. The molecule has 1 heterocycles. The molecule has 1 saturated carbocycles. The van der Waals surface area contributed by atoms with Crippen LogP contribution in [0, 0.1) is 10.1 Å². The van der Waals surface area contributed by atoms with E-state index in [-0.39, 0.29) is 23.7 Å². The van der Waals surface area contributed by atoms with Crippen LogP contribution in [0.2, 0.25) is 0 Å². The summed E-state index contributed by atoms with van der Waals surface area (Å²) in [4.78, 5) is 14.6. The molecule has 1 aromatic heterocycles. The van der Waals surface area contributed by atoms with Gasteiger partial charge in [-0.15, -0.1) is 0 Å². The second-order valence-electron chi connectivity index (χ2n) is 4.57. The largest absolute Gasteiger partial charge is 0.468 e. The summed E-state index contributed by atoms with van der Waals surface area (Å²) in [5, 5.41) is 14.2. The number of nitrogens with one attached hydrogen (secondary N) is 1. The summed E-state index contributed by atoms with van der Waals surface area (Å²) in [5.74, 6) is 0.0975. The molecule has 2 rings (SSSR count). The Morgan fingerprint density at radius 3 is 2.95 bits per heavy atom. The molecule has 0 amide bonds. The zero-order valence-electron chi connectivity index (χ0n) is 10.6. The highest BCUT2D eigenvalue weighted by Gasteiger charge is 2.28. The molecule has 104 valence electrons. The molecule has 2 unspecified atom stereocenters. The van der Waals surface area contributed by atoms with Crippen LogP contribution >= 0.6 is 15.9 Å². The van der Waals surface area contributed by atoms with E-state index in [9.17, 15) is 10.1 Å². The van der Waals surface area contributed by atoms with Gasteiger partial charge in [-0.25, -0.2) is 4.98 Å². The molecule has 0 aromatic carbocycles. The molecule has 19 heavy (non-hydrogen) atoms. The van der Waals surface area contributed by atoms with E-state index >= 15 is 0 Å². The molecule has 7 heteroatoms. The predicted octanol–water partition coefficient (Wildman–Crippen LogP) is 2.66. The van der Waals surface area contributed by atoms with E-state index in [2.05, 4.69) is 26.2 Å². The highest BCUT2D eigenvalue weighted by molar-refractivity contribution is 9.10. The van der Waals surface area contributed by atoms with Crippen molar-refractivity contribution in [3.05, 3.63) is 26.9 Å².